The van der Waals surface area contributed by atoms with Crippen molar-refractivity contribution in [3.63, 3.8) is 0 Å². The van der Waals surface area contributed by atoms with Gasteiger partial charge in [-0.15, -0.1) is 0 Å². The summed E-state index contributed by atoms with van der Waals surface area (Å²) in [4.78, 5) is 25.9. The van der Waals surface area contributed by atoms with Crippen LogP contribution in [0, 0.1) is 24.0 Å². The summed E-state index contributed by atoms with van der Waals surface area (Å²) in [5.41, 5.74) is 4.77. The summed E-state index contributed by atoms with van der Waals surface area (Å²) in [6.07, 6.45) is 2.77. The number of aromatic nitrogens is 1. The molecule has 0 atom stereocenters. The second-order valence-corrected chi connectivity index (χ2v) is 6.12. The van der Waals surface area contributed by atoms with Gasteiger partial charge in [0.2, 0.25) is 5.91 Å². The fraction of sp³-hybridized carbons (Fsp3) is 0.150. The monoisotopic (exact) mass is 349 g/mol. The zero-order valence-electron chi connectivity index (χ0n) is 14.6. The molecule has 0 aliphatic heterocycles. The molecule has 1 amide bonds. The van der Waals surface area contributed by atoms with Gasteiger partial charge in [0.05, 0.1) is 10.5 Å². The predicted molar refractivity (Wildman–Crippen MR) is 102 cm³/mol. The van der Waals surface area contributed by atoms with Crippen LogP contribution < -0.4 is 5.32 Å². The molecule has 0 saturated carbocycles. The number of benzene rings is 2. The number of nitro groups is 1. The summed E-state index contributed by atoms with van der Waals surface area (Å²) in [7, 11) is 0. The average Bonchev–Trinajstić information content (AvgIpc) is 2.92. The predicted octanol–water partition coefficient (Wildman–Crippen LogP) is 4.02. The highest BCUT2D eigenvalue weighted by molar-refractivity contribution is 5.92. The number of aryl methyl sites for hydroxylation is 2. The SMILES string of the molecule is Cc1[nH]c2ccc(CNC(=O)/C=C\c3ccccc3[N+](=O)[O-])cc2c1C. The molecular formula is C20H19N3O3. The number of hydrogen-bond donors (Lipinski definition) is 2. The Hall–Kier alpha value is -3.41. The van der Waals surface area contributed by atoms with Crippen LogP contribution in [0.3, 0.4) is 0 Å². The van der Waals surface area contributed by atoms with Crippen molar-refractivity contribution >= 4 is 28.6 Å². The highest BCUT2D eigenvalue weighted by Crippen LogP contribution is 2.22. The quantitative estimate of drug-likeness (QED) is 0.414. The molecular weight excluding hydrogens is 330 g/mol. The number of amides is 1. The van der Waals surface area contributed by atoms with Crippen molar-refractivity contribution in [2.75, 3.05) is 0 Å². The van der Waals surface area contributed by atoms with Crippen molar-refractivity contribution in [2.45, 2.75) is 20.4 Å². The van der Waals surface area contributed by atoms with Crippen molar-refractivity contribution in [3.8, 4) is 0 Å². The van der Waals surface area contributed by atoms with E-state index in [1.165, 1.54) is 23.8 Å². The van der Waals surface area contributed by atoms with Crippen LogP contribution in [0.4, 0.5) is 5.69 Å². The number of nitrogens with zero attached hydrogens (tertiary/aromatic N) is 1. The van der Waals surface area contributed by atoms with E-state index in [1.54, 1.807) is 18.2 Å². The first-order chi connectivity index (χ1) is 12.5. The molecule has 3 aromatic rings. The summed E-state index contributed by atoms with van der Waals surface area (Å²) < 4.78 is 0. The Morgan fingerprint density at radius 1 is 1.23 bits per heavy atom. The first-order valence-corrected chi connectivity index (χ1v) is 8.23. The number of carbonyl (C=O) groups is 1. The van der Waals surface area contributed by atoms with E-state index >= 15 is 0 Å². The van der Waals surface area contributed by atoms with Crippen molar-refractivity contribution in [3.05, 3.63) is 81.0 Å². The summed E-state index contributed by atoms with van der Waals surface area (Å²) >= 11 is 0. The second kappa shape index (κ2) is 7.23. The highest BCUT2D eigenvalue weighted by Gasteiger charge is 2.10. The van der Waals surface area contributed by atoms with Crippen LogP contribution in [0.2, 0.25) is 0 Å². The Kier molecular flexibility index (Phi) is 4.84. The molecule has 0 bridgehead atoms. The lowest BCUT2D eigenvalue weighted by Gasteiger charge is -2.04. The van der Waals surface area contributed by atoms with Gasteiger partial charge in [-0.05, 0) is 49.2 Å². The number of rotatable bonds is 5. The third-order valence-electron chi connectivity index (χ3n) is 4.39. The molecule has 0 saturated heterocycles. The van der Waals surface area contributed by atoms with Gasteiger partial charge in [-0.25, -0.2) is 0 Å². The summed E-state index contributed by atoms with van der Waals surface area (Å²) in [5.74, 6) is -0.301. The molecule has 0 spiro atoms. The maximum Gasteiger partial charge on any atom is 0.276 e. The number of carbonyl (C=O) groups excluding carboxylic acids is 1. The average molecular weight is 349 g/mol. The van der Waals surface area contributed by atoms with E-state index in [9.17, 15) is 14.9 Å². The molecule has 0 fully saturated rings. The zero-order chi connectivity index (χ0) is 18.7. The van der Waals surface area contributed by atoms with Crippen LogP contribution in [-0.2, 0) is 11.3 Å². The van der Waals surface area contributed by atoms with Crippen molar-refractivity contribution < 1.29 is 9.72 Å². The molecule has 26 heavy (non-hydrogen) atoms. The molecule has 1 heterocycles. The molecule has 3 rings (SSSR count). The van der Waals surface area contributed by atoms with Gasteiger partial charge >= 0.3 is 0 Å². The molecule has 2 aromatic carbocycles. The number of H-pyrrole nitrogens is 1. The molecule has 0 aliphatic carbocycles. The Morgan fingerprint density at radius 3 is 2.77 bits per heavy atom. The molecule has 132 valence electrons. The smallest absolute Gasteiger partial charge is 0.276 e. The second-order valence-electron chi connectivity index (χ2n) is 6.12. The van der Waals surface area contributed by atoms with Gasteiger partial charge in [-0.1, -0.05) is 18.2 Å². The van der Waals surface area contributed by atoms with Gasteiger partial charge in [0.15, 0.2) is 0 Å². The minimum Gasteiger partial charge on any atom is -0.358 e. The van der Waals surface area contributed by atoms with Gasteiger partial charge in [-0.2, -0.15) is 0 Å². The Bertz CT molecular complexity index is 1020. The van der Waals surface area contributed by atoms with E-state index in [1.807, 2.05) is 19.1 Å². The van der Waals surface area contributed by atoms with Gasteiger partial charge < -0.3 is 10.3 Å². The summed E-state index contributed by atoms with van der Waals surface area (Å²) in [6.45, 7) is 4.48. The van der Waals surface area contributed by atoms with Gasteiger partial charge in [0.25, 0.3) is 5.69 Å². The lowest BCUT2D eigenvalue weighted by Crippen LogP contribution is -2.20. The lowest BCUT2D eigenvalue weighted by molar-refractivity contribution is -0.385. The summed E-state index contributed by atoms with van der Waals surface area (Å²) in [5, 5.41) is 14.9. The van der Waals surface area contributed by atoms with Crippen LogP contribution in [0.5, 0.6) is 0 Å². The third kappa shape index (κ3) is 3.64. The normalized spacial score (nSPS) is 11.2. The first-order valence-electron chi connectivity index (χ1n) is 8.23. The zero-order valence-corrected chi connectivity index (χ0v) is 14.6. The maximum atomic E-state index is 12.0. The molecule has 0 aliphatic rings. The highest BCUT2D eigenvalue weighted by atomic mass is 16.6. The van der Waals surface area contributed by atoms with E-state index in [4.69, 9.17) is 0 Å². The van der Waals surface area contributed by atoms with E-state index in [0.717, 1.165) is 22.2 Å². The lowest BCUT2D eigenvalue weighted by atomic mass is 10.1. The number of aromatic amines is 1. The van der Waals surface area contributed by atoms with Crippen LogP contribution >= 0.6 is 0 Å². The number of nitro benzene ring substituents is 1. The number of hydrogen-bond acceptors (Lipinski definition) is 3. The van der Waals surface area contributed by atoms with Crippen LogP contribution in [-0.4, -0.2) is 15.8 Å². The Labute approximate surface area is 150 Å². The van der Waals surface area contributed by atoms with Gasteiger partial charge in [0, 0.05) is 35.3 Å². The summed E-state index contributed by atoms with van der Waals surface area (Å²) in [6, 6.07) is 12.3. The number of nitrogens with one attached hydrogen (secondary N) is 2. The van der Waals surface area contributed by atoms with Crippen molar-refractivity contribution in [1.82, 2.24) is 10.3 Å². The number of para-hydroxylation sites is 1. The van der Waals surface area contributed by atoms with E-state index in [-0.39, 0.29) is 11.6 Å². The minimum atomic E-state index is -0.464. The van der Waals surface area contributed by atoms with Crippen LogP contribution in [0.25, 0.3) is 17.0 Å². The van der Waals surface area contributed by atoms with Crippen LogP contribution in [0.15, 0.2) is 48.5 Å². The molecule has 2 N–H and O–H groups in total. The molecule has 6 heteroatoms. The topological polar surface area (TPSA) is 88.0 Å². The molecule has 0 unspecified atom stereocenters. The standard InChI is InChI=1S/C20H19N3O3/c1-13-14(2)22-18-9-7-15(11-17(13)18)12-21-20(24)10-8-16-5-3-4-6-19(16)23(25)26/h3-11,22H,12H2,1-2H3,(H,21,24)/b10-8-. The largest absolute Gasteiger partial charge is 0.358 e. The maximum absolute atomic E-state index is 12.0. The minimum absolute atomic E-state index is 0.0275. The fourth-order valence-electron chi connectivity index (χ4n) is 2.83. The molecule has 1 aromatic heterocycles. The van der Waals surface area contributed by atoms with E-state index in [0.29, 0.717) is 12.1 Å². The van der Waals surface area contributed by atoms with Gasteiger partial charge in [-0.3, -0.25) is 14.9 Å². The fourth-order valence-corrected chi connectivity index (χ4v) is 2.83. The third-order valence-corrected chi connectivity index (χ3v) is 4.39. The molecule has 0 radical (unpaired) electrons. The van der Waals surface area contributed by atoms with Gasteiger partial charge in [0.1, 0.15) is 0 Å². The van der Waals surface area contributed by atoms with E-state index < -0.39 is 4.92 Å². The molecule has 6 nitrogen and oxygen atoms in total. The number of fused-ring (bicyclic) bond motifs is 1. The van der Waals surface area contributed by atoms with Crippen LogP contribution in [0.1, 0.15) is 22.4 Å². The first kappa shape index (κ1) is 17.4. The van der Waals surface area contributed by atoms with Crippen molar-refractivity contribution in [2.24, 2.45) is 0 Å². The Balaban J connectivity index is 1.68. The Morgan fingerprint density at radius 2 is 2.00 bits per heavy atom. The van der Waals surface area contributed by atoms with Crippen molar-refractivity contribution in [1.29, 1.82) is 0 Å². The van der Waals surface area contributed by atoms with E-state index in [2.05, 4.69) is 23.3 Å².